The van der Waals surface area contributed by atoms with Gasteiger partial charge in [-0.15, -0.1) is 5.10 Å². The number of ether oxygens (including phenoxy) is 2. The number of carbonyl (C=O) groups excluding carboxylic acids is 3. The van der Waals surface area contributed by atoms with Crippen molar-refractivity contribution in [2.45, 2.75) is 20.8 Å². The van der Waals surface area contributed by atoms with Gasteiger partial charge in [-0.2, -0.15) is 0 Å². The fraction of sp³-hybridized carbons (Fsp3) is 0.400. The monoisotopic (exact) mass is 240 g/mol. The molecule has 0 aliphatic heterocycles. The van der Waals surface area contributed by atoms with Gasteiger partial charge in [-0.05, 0) is 6.92 Å². The molecule has 0 spiro atoms. The average Bonchev–Trinajstić information content (AvgIpc) is 2.61. The number of hydrogen-bond donors (Lipinski definition) is 0. The van der Waals surface area contributed by atoms with Crippen LogP contribution in [0.3, 0.4) is 0 Å². The lowest BCUT2D eigenvalue weighted by Gasteiger charge is -2.00. The number of rotatable bonds is 3. The van der Waals surface area contributed by atoms with E-state index in [0.29, 0.717) is 0 Å². The zero-order valence-corrected chi connectivity index (χ0v) is 9.72. The second-order valence-electron chi connectivity index (χ2n) is 3.13. The van der Waals surface area contributed by atoms with E-state index in [0.717, 1.165) is 4.68 Å². The lowest BCUT2D eigenvalue weighted by Crippen LogP contribution is -2.09. The lowest BCUT2D eigenvalue weighted by atomic mass is 10.3. The van der Waals surface area contributed by atoms with Crippen molar-refractivity contribution in [3.8, 4) is 5.88 Å². The summed E-state index contributed by atoms with van der Waals surface area (Å²) < 4.78 is 10.4. The molecule has 1 heterocycles. The van der Waals surface area contributed by atoms with Crippen LogP contribution in [-0.4, -0.2) is 34.2 Å². The van der Waals surface area contributed by atoms with Crippen LogP contribution in [0.5, 0.6) is 5.88 Å². The highest BCUT2D eigenvalue weighted by molar-refractivity contribution is 5.93. The maximum Gasteiger partial charge on any atom is 0.345 e. The van der Waals surface area contributed by atoms with E-state index in [-0.39, 0.29) is 18.1 Å². The zero-order valence-electron chi connectivity index (χ0n) is 9.72. The first-order valence-electron chi connectivity index (χ1n) is 4.91. The Morgan fingerprint density at radius 3 is 2.47 bits per heavy atom. The molecule has 1 rings (SSSR count). The van der Waals surface area contributed by atoms with Gasteiger partial charge in [0.15, 0.2) is 0 Å². The summed E-state index contributed by atoms with van der Waals surface area (Å²) in [7, 11) is 0. The van der Waals surface area contributed by atoms with Crippen LogP contribution in [0.25, 0.3) is 0 Å². The molecule has 0 fully saturated rings. The van der Waals surface area contributed by atoms with Crippen LogP contribution in [0.2, 0.25) is 0 Å². The van der Waals surface area contributed by atoms with Crippen LogP contribution in [-0.2, 0) is 9.53 Å². The van der Waals surface area contributed by atoms with E-state index in [9.17, 15) is 14.4 Å². The second kappa shape index (κ2) is 5.24. The highest BCUT2D eigenvalue weighted by Crippen LogP contribution is 2.17. The molecule has 1 aromatic heterocycles. The molecule has 0 amide bonds. The minimum absolute atomic E-state index is 0.0581. The van der Waals surface area contributed by atoms with Crippen molar-refractivity contribution in [3.63, 3.8) is 0 Å². The van der Waals surface area contributed by atoms with Crippen LogP contribution in [0, 0.1) is 0 Å². The molecule has 7 nitrogen and oxygen atoms in total. The van der Waals surface area contributed by atoms with Gasteiger partial charge in [0.1, 0.15) is 5.56 Å². The van der Waals surface area contributed by atoms with Gasteiger partial charge in [0, 0.05) is 13.8 Å². The van der Waals surface area contributed by atoms with Crippen molar-refractivity contribution in [3.05, 3.63) is 11.8 Å². The predicted octanol–water partition coefficient (Wildman–Crippen LogP) is 0.645. The van der Waals surface area contributed by atoms with E-state index in [1.807, 2.05) is 0 Å². The van der Waals surface area contributed by atoms with E-state index in [4.69, 9.17) is 9.47 Å². The summed E-state index contributed by atoms with van der Waals surface area (Å²) in [6, 6.07) is 0. The predicted molar refractivity (Wildman–Crippen MR) is 55.8 cm³/mol. The third kappa shape index (κ3) is 3.13. The fourth-order valence-electron chi connectivity index (χ4n) is 1.08. The van der Waals surface area contributed by atoms with Crippen LogP contribution in [0.15, 0.2) is 6.20 Å². The number of aromatic nitrogens is 2. The van der Waals surface area contributed by atoms with E-state index < -0.39 is 17.8 Å². The maximum atomic E-state index is 11.5. The molecular weight excluding hydrogens is 228 g/mol. The summed E-state index contributed by atoms with van der Waals surface area (Å²) in [5.41, 5.74) is -0.0581. The smallest absolute Gasteiger partial charge is 0.345 e. The van der Waals surface area contributed by atoms with Gasteiger partial charge in [0.05, 0.1) is 12.8 Å². The molecule has 17 heavy (non-hydrogen) atoms. The number of esters is 2. The van der Waals surface area contributed by atoms with Crippen molar-refractivity contribution in [1.29, 1.82) is 0 Å². The van der Waals surface area contributed by atoms with Crippen molar-refractivity contribution >= 4 is 17.8 Å². The molecule has 0 radical (unpaired) electrons. The summed E-state index contributed by atoms with van der Waals surface area (Å²) >= 11 is 0. The van der Waals surface area contributed by atoms with E-state index >= 15 is 0 Å². The minimum Gasteiger partial charge on any atom is -0.462 e. The molecule has 0 aliphatic rings. The lowest BCUT2D eigenvalue weighted by molar-refractivity contribution is -0.132. The first-order valence-corrected chi connectivity index (χ1v) is 4.91. The third-order valence-electron chi connectivity index (χ3n) is 1.74. The Kier molecular flexibility index (Phi) is 3.97. The Balaban J connectivity index is 3.11. The van der Waals surface area contributed by atoms with Crippen LogP contribution in [0.1, 0.15) is 35.9 Å². The van der Waals surface area contributed by atoms with Crippen LogP contribution >= 0.6 is 0 Å². The normalized spacial score (nSPS) is 9.82. The molecule has 0 saturated carbocycles. The summed E-state index contributed by atoms with van der Waals surface area (Å²) in [5.74, 6) is -1.97. The average molecular weight is 240 g/mol. The first-order chi connectivity index (χ1) is 7.95. The highest BCUT2D eigenvalue weighted by Gasteiger charge is 2.21. The minimum atomic E-state index is -0.698. The Morgan fingerprint density at radius 1 is 1.35 bits per heavy atom. The van der Waals surface area contributed by atoms with Gasteiger partial charge in [0.25, 0.3) is 5.88 Å². The molecule has 7 heteroatoms. The molecule has 0 unspecified atom stereocenters. The highest BCUT2D eigenvalue weighted by atomic mass is 16.6. The summed E-state index contributed by atoms with van der Waals surface area (Å²) in [4.78, 5) is 33.4. The van der Waals surface area contributed by atoms with Gasteiger partial charge in [-0.25, -0.2) is 9.48 Å². The Labute approximate surface area is 97.3 Å². The summed E-state index contributed by atoms with van der Waals surface area (Å²) in [5, 5.41) is 3.68. The van der Waals surface area contributed by atoms with Gasteiger partial charge in [0.2, 0.25) is 5.91 Å². The zero-order chi connectivity index (χ0) is 13.0. The fourth-order valence-corrected chi connectivity index (χ4v) is 1.08. The molecular formula is C10H12N2O5. The second-order valence-corrected chi connectivity index (χ2v) is 3.13. The van der Waals surface area contributed by atoms with E-state index in [1.165, 1.54) is 20.0 Å². The molecule has 0 saturated heterocycles. The molecule has 0 atom stereocenters. The van der Waals surface area contributed by atoms with E-state index in [1.54, 1.807) is 6.92 Å². The number of hydrogen-bond acceptors (Lipinski definition) is 6. The number of carbonyl (C=O) groups is 3. The summed E-state index contributed by atoms with van der Waals surface area (Å²) in [6.07, 6.45) is 1.17. The van der Waals surface area contributed by atoms with Crippen molar-refractivity contribution < 1.29 is 23.9 Å². The standard InChI is InChI=1S/C10H12N2O5/c1-4-16-10(15)8-5-12(6(2)13)11-9(8)17-7(3)14/h5H,4H2,1-3H3. The quantitative estimate of drug-likeness (QED) is 0.720. The largest absolute Gasteiger partial charge is 0.462 e. The van der Waals surface area contributed by atoms with E-state index in [2.05, 4.69) is 5.10 Å². The van der Waals surface area contributed by atoms with Crippen molar-refractivity contribution in [2.75, 3.05) is 6.61 Å². The molecule has 1 aromatic rings. The SMILES string of the molecule is CCOC(=O)c1cn(C(C)=O)nc1OC(C)=O. The van der Waals surface area contributed by atoms with Crippen LogP contribution < -0.4 is 4.74 Å². The Morgan fingerprint density at radius 2 is 2.00 bits per heavy atom. The topological polar surface area (TPSA) is 87.5 Å². The van der Waals surface area contributed by atoms with Crippen molar-refractivity contribution in [2.24, 2.45) is 0 Å². The number of nitrogens with zero attached hydrogens (tertiary/aromatic N) is 2. The van der Waals surface area contributed by atoms with Gasteiger partial charge in [-0.3, -0.25) is 9.59 Å². The van der Waals surface area contributed by atoms with Gasteiger partial charge < -0.3 is 9.47 Å². The van der Waals surface area contributed by atoms with Gasteiger partial charge in [-0.1, -0.05) is 0 Å². The van der Waals surface area contributed by atoms with Crippen LogP contribution in [0.4, 0.5) is 0 Å². The molecule has 0 aromatic carbocycles. The maximum absolute atomic E-state index is 11.5. The molecule has 0 aliphatic carbocycles. The molecule has 0 N–H and O–H groups in total. The molecule has 0 bridgehead atoms. The first kappa shape index (κ1) is 12.9. The Bertz CT molecular complexity index is 463. The molecule has 92 valence electrons. The van der Waals surface area contributed by atoms with Crippen molar-refractivity contribution in [1.82, 2.24) is 9.78 Å². The van der Waals surface area contributed by atoms with Gasteiger partial charge >= 0.3 is 11.9 Å². The summed E-state index contributed by atoms with van der Waals surface area (Å²) in [6.45, 7) is 4.24. The Hall–Kier alpha value is -2.18. The third-order valence-corrected chi connectivity index (χ3v) is 1.74.